The molecule has 3 aromatic carbocycles. The van der Waals surface area contributed by atoms with Crippen molar-refractivity contribution in [1.29, 1.82) is 0 Å². The lowest BCUT2D eigenvalue weighted by Gasteiger charge is -2.23. The molecule has 0 bridgehead atoms. The molecule has 0 aliphatic carbocycles. The topological polar surface area (TPSA) is 78.5 Å². The average molecular weight is 565 g/mol. The van der Waals surface area contributed by atoms with E-state index >= 15 is 0 Å². The highest BCUT2D eigenvalue weighted by molar-refractivity contribution is 14.1. The highest BCUT2D eigenvalue weighted by Gasteiger charge is 2.23. The summed E-state index contributed by atoms with van der Waals surface area (Å²) in [6, 6.07) is 22.3. The van der Waals surface area contributed by atoms with Gasteiger partial charge in [0, 0.05) is 21.4 Å². The normalized spacial score (nSPS) is 10.9. The average Bonchev–Trinajstić information content (AvgIpc) is 2.75. The van der Waals surface area contributed by atoms with Gasteiger partial charge >= 0.3 is 0 Å². The standard InChI is InChI=1S/C22H20IN3O3S2/c1-2-26(19-9-4-3-5-10-19)31(28,29)20-13-11-18(12-14-20)24-22(30)25-21(27)16-7-6-8-17(23)15-16/h3-15H,2H2,1H3,(H2,24,25,27,30). The maximum atomic E-state index is 13.0. The Morgan fingerprint density at radius 1 is 1.00 bits per heavy atom. The molecule has 0 saturated heterocycles. The summed E-state index contributed by atoms with van der Waals surface area (Å²) >= 11 is 7.33. The number of nitrogens with one attached hydrogen (secondary N) is 2. The van der Waals surface area contributed by atoms with Gasteiger partial charge in [0.25, 0.3) is 15.9 Å². The van der Waals surface area contributed by atoms with Crippen LogP contribution in [0.5, 0.6) is 0 Å². The lowest BCUT2D eigenvalue weighted by molar-refractivity contribution is 0.0977. The number of anilines is 2. The van der Waals surface area contributed by atoms with E-state index < -0.39 is 10.0 Å². The Hall–Kier alpha value is -2.50. The van der Waals surface area contributed by atoms with E-state index in [1.54, 1.807) is 61.5 Å². The molecule has 3 aromatic rings. The van der Waals surface area contributed by atoms with Crippen molar-refractivity contribution in [1.82, 2.24) is 5.32 Å². The molecule has 6 nitrogen and oxygen atoms in total. The molecule has 0 heterocycles. The molecular weight excluding hydrogens is 545 g/mol. The molecule has 3 rings (SSSR count). The zero-order valence-corrected chi connectivity index (χ0v) is 20.4. The molecule has 0 aromatic heterocycles. The smallest absolute Gasteiger partial charge is 0.264 e. The van der Waals surface area contributed by atoms with Crippen LogP contribution < -0.4 is 14.9 Å². The Morgan fingerprint density at radius 3 is 2.29 bits per heavy atom. The summed E-state index contributed by atoms with van der Waals surface area (Å²) in [7, 11) is -3.71. The van der Waals surface area contributed by atoms with Gasteiger partial charge in [0.15, 0.2) is 5.11 Å². The third-order valence-corrected chi connectivity index (χ3v) is 7.14. The molecule has 0 unspecified atom stereocenters. The van der Waals surface area contributed by atoms with Gasteiger partial charge in [0.1, 0.15) is 0 Å². The van der Waals surface area contributed by atoms with E-state index in [0.717, 1.165) is 3.57 Å². The minimum absolute atomic E-state index is 0.124. The molecule has 0 fully saturated rings. The highest BCUT2D eigenvalue weighted by atomic mass is 127. The van der Waals surface area contributed by atoms with E-state index in [1.807, 2.05) is 12.1 Å². The first-order valence-electron chi connectivity index (χ1n) is 9.37. The summed E-state index contributed by atoms with van der Waals surface area (Å²) < 4.78 is 28.4. The second-order valence-corrected chi connectivity index (χ2v) is 9.96. The summed E-state index contributed by atoms with van der Waals surface area (Å²) in [5, 5.41) is 5.64. The van der Waals surface area contributed by atoms with Gasteiger partial charge < -0.3 is 5.32 Å². The van der Waals surface area contributed by atoms with Gasteiger partial charge in [-0.05, 0) is 96.3 Å². The molecule has 1 amide bonds. The largest absolute Gasteiger partial charge is 0.332 e. The number of hydrogen-bond donors (Lipinski definition) is 2. The summed E-state index contributed by atoms with van der Waals surface area (Å²) in [6.45, 7) is 2.09. The van der Waals surface area contributed by atoms with Crippen LogP contribution in [0.4, 0.5) is 11.4 Å². The van der Waals surface area contributed by atoms with Crippen molar-refractivity contribution in [3.63, 3.8) is 0 Å². The first kappa shape index (κ1) is 23.2. The first-order valence-corrected chi connectivity index (χ1v) is 12.3. The Balaban J connectivity index is 1.69. The number of halogens is 1. The summed E-state index contributed by atoms with van der Waals surface area (Å²) in [5.41, 5.74) is 1.67. The van der Waals surface area contributed by atoms with Crippen LogP contribution >= 0.6 is 34.8 Å². The molecule has 0 aliphatic heterocycles. The molecular formula is C22H20IN3O3S2. The molecule has 0 spiro atoms. The van der Waals surface area contributed by atoms with Gasteiger partial charge in [0.05, 0.1) is 10.6 Å². The van der Waals surface area contributed by atoms with E-state index in [4.69, 9.17) is 12.2 Å². The SMILES string of the molecule is CCN(c1ccccc1)S(=O)(=O)c1ccc(NC(=S)NC(=O)c2cccc(I)c2)cc1. The van der Waals surface area contributed by atoms with Crippen molar-refractivity contribution >= 4 is 67.2 Å². The number of benzene rings is 3. The summed E-state index contributed by atoms with van der Waals surface area (Å²) in [4.78, 5) is 12.5. The van der Waals surface area contributed by atoms with Crippen LogP contribution in [0.15, 0.2) is 83.8 Å². The minimum Gasteiger partial charge on any atom is -0.332 e. The molecule has 0 aliphatic rings. The Labute approximate surface area is 200 Å². The Kier molecular flexibility index (Phi) is 7.63. The zero-order chi connectivity index (χ0) is 22.4. The van der Waals surface area contributed by atoms with E-state index in [9.17, 15) is 13.2 Å². The van der Waals surface area contributed by atoms with Crippen molar-refractivity contribution < 1.29 is 13.2 Å². The predicted molar refractivity (Wildman–Crippen MR) is 136 cm³/mol. The number of nitrogens with zero attached hydrogens (tertiary/aromatic N) is 1. The fourth-order valence-electron chi connectivity index (χ4n) is 2.89. The van der Waals surface area contributed by atoms with Crippen LogP contribution in [0.3, 0.4) is 0 Å². The molecule has 2 N–H and O–H groups in total. The number of amides is 1. The fourth-order valence-corrected chi connectivity index (χ4v) is 5.12. The van der Waals surface area contributed by atoms with Crippen LogP contribution in [0.1, 0.15) is 17.3 Å². The predicted octanol–water partition coefficient (Wildman–Crippen LogP) is 4.63. The van der Waals surface area contributed by atoms with Gasteiger partial charge in [-0.1, -0.05) is 24.3 Å². The van der Waals surface area contributed by atoms with E-state index in [2.05, 4.69) is 33.2 Å². The van der Waals surface area contributed by atoms with Crippen molar-refractivity contribution in [2.45, 2.75) is 11.8 Å². The fraction of sp³-hybridized carbons (Fsp3) is 0.0909. The number of hydrogen-bond acceptors (Lipinski definition) is 4. The Bertz CT molecular complexity index is 1180. The number of sulfonamides is 1. The van der Waals surface area contributed by atoms with Crippen LogP contribution in [0.25, 0.3) is 0 Å². The van der Waals surface area contributed by atoms with Gasteiger partial charge in [0.2, 0.25) is 0 Å². The van der Waals surface area contributed by atoms with Crippen molar-refractivity contribution in [3.8, 4) is 0 Å². The van der Waals surface area contributed by atoms with Crippen LogP contribution in [0, 0.1) is 3.57 Å². The maximum absolute atomic E-state index is 13.0. The second-order valence-electron chi connectivity index (χ2n) is 6.45. The van der Waals surface area contributed by atoms with Crippen LogP contribution in [0.2, 0.25) is 0 Å². The zero-order valence-electron chi connectivity index (χ0n) is 16.6. The van der Waals surface area contributed by atoms with E-state index in [-0.39, 0.29) is 15.9 Å². The van der Waals surface area contributed by atoms with E-state index in [1.165, 1.54) is 16.4 Å². The minimum atomic E-state index is -3.71. The molecule has 0 saturated carbocycles. The van der Waals surface area contributed by atoms with Crippen LogP contribution in [-0.4, -0.2) is 26.0 Å². The number of thiocarbonyl (C=S) groups is 1. The van der Waals surface area contributed by atoms with Gasteiger partial charge in [-0.15, -0.1) is 0 Å². The third-order valence-electron chi connectivity index (χ3n) is 4.35. The van der Waals surface area contributed by atoms with Crippen molar-refractivity contribution in [2.24, 2.45) is 0 Å². The molecule has 0 atom stereocenters. The summed E-state index contributed by atoms with van der Waals surface area (Å²) in [6.07, 6.45) is 0. The lowest BCUT2D eigenvalue weighted by atomic mass is 10.2. The maximum Gasteiger partial charge on any atom is 0.264 e. The summed E-state index contributed by atoms with van der Waals surface area (Å²) in [5.74, 6) is -0.323. The molecule has 31 heavy (non-hydrogen) atoms. The van der Waals surface area contributed by atoms with Gasteiger partial charge in [-0.3, -0.25) is 14.4 Å². The molecule has 9 heteroatoms. The van der Waals surface area contributed by atoms with Gasteiger partial charge in [-0.25, -0.2) is 8.42 Å². The highest BCUT2D eigenvalue weighted by Crippen LogP contribution is 2.24. The van der Waals surface area contributed by atoms with Crippen molar-refractivity contribution in [2.75, 3.05) is 16.2 Å². The lowest BCUT2D eigenvalue weighted by Crippen LogP contribution is -2.34. The third kappa shape index (κ3) is 5.81. The number of para-hydroxylation sites is 1. The number of rotatable bonds is 6. The monoisotopic (exact) mass is 565 g/mol. The quantitative estimate of drug-likeness (QED) is 0.337. The Morgan fingerprint density at radius 2 is 1.68 bits per heavy atom. The first-order chi connectivity index (χ1) is 14.8. The second kappa shape index (κ2) is 10.2. The van der Waals surface area contributed by atoms with E-state index in [0.29, 0.717) is 23.5 Å². The van der Waals surface area contributed by atoms with Gasteiger partial charge in [-0.2, -0.15) is 0 Å². The molecule has 160 valence electrons. The number of carbonyl (C=O) groups excluding carboxylic acids is 1. The number of carbonyl (C=O) groups is 1. The van der Waals surface area contributed by atoms with Crippen molar-refractivity contribution in [3.05, 3.63) is 88.0 Å². The van der Waals surface area contributed by atoms with Crippen LogP contribution in [-0.2, 0) is 10.0 Å². The molecule has 0 radical (unpaired) electrons.